The fraction of sp³-hybridized carbons (Fsp3) is 0.409. The maximum Gasteiger partial charge on any atom is 0.243 e. The lowest BCUT2D eigenvalue weighted by Gasteiger charge is -2.31. The highest BCUT2D eigenvalue weighted by atomic mass is 35.5. The van der Waals surface area contributed by atoms with Gasteiger partial charge in [-0.2, -0.15) is 4.31 Å². The van der Waals surface area contributed by atoms with E-state index in [0.29, 0.717) is 49.5 Å². The molecule has 8 heteroatoms. The van der Waals surface area contributed by atoms with E-state index in [0.717, 1.165) is 11.1 Å². The minimum absolute atomic E-state index is 0.0126. The Kier molecular flexibility index (Phi) is 7.39. The quantitative estimate of drug-likeness (QED) is 0.699. The van der Waals surface area contributed by atoms with Crippen LogP contribution >= 0.6 is 11.6 Å². The standard InChI is InChI=1S/C22H27ClN2O4S/c1-16-3-4-17(15-21(16)23)5-10-22(26)24-18-11-13-25(14-12-18)30(27,28)20-8-6-19(29-2)7-9-20/h3-4,6-9,15,18H,5,10-14H2,1-2H3,(H,24,26). The fourth-order valence-corrected chi connectivity index (χ4v) is 5.16. The van der Waals surface area contributed by atoms with Crippen molar-refractivity contribution in [1.82, 2.24) is 9.62 Å². The number of carbonyl (C=O) groups is 1. The number of piperidine rings is 1. The van der Waals surface area contributed by atoms with E-state index in [9.17, 15) is 13.2 Å². The number of ether oxygens (including phenoxy) is 1. The van der Waals surface area contributed by atoms with E-state index in [1.54, 1.807) is 31.4 Å². The summed E-state index contributed by atoms with van der Waals surface area (Å²) in [4.78, 5) is 12.6. The third kappa shape index (κ3) is 5.53. The van der Waals surface area contributed by atoms with Crippen molar-refractivity contribution in [2.75, 3.05) is 20.2 Å². The summed E-state index contributed by atoms with van der Waals surface area (Å²) in [5.74, 6) is 0.589. The highest BCUT2D eigenvalue weighted by Gasteiger charge is 2.29. The molecular weight excluding hydrogens is 424 g/mol. The fourth-order valence-electron chi connectivity index (χ4n) is 3.49. The number of nitrogens with one attached hydrogen (secondary N) is 1. The first kappa shape index (κ1) is 22.6. The second kappa shape index (κ2) is 9.81. The zero-order valence-corrected chi connectivity index (χ0v) is 18.8. The lowest BCUT2D eigenvalue weighted by Crippen LogP contribution is -2.46. The molecule has 1 saturated heterocycles. The van der Waals surface area contributed by atoms with Crippen LogP contribution in [0.3, 0.4) is 0 Å². The summed E-state index contributed by atoms with van der Waals surface area (Å²) in [5, 5.41) is 3.74. The molecule has 1 aliphatic rings. The molecule has 1 amide bonds. The van der Waals surface area contributed by atoms with E-state index in [1.807, 2.05) is 25.1 Å². The van der Waals surface area contributed by atoms with Crippen LogP contribution in [-0.4, -0.2) is 44.9 Å². The van der Waals surface area contributed by atoms with E-state index >= 15 is 0 Å². The number of methoxy groups -OCH3 is 1. The molecule has 0 aromatic heterocycles. The van der Waals surface area contributed by atoms with Gasteiger partial charge in [0, 0.05) is 30.6 Å². The van der Waals surface area contributed by atoms with Gasteiger partial charge in [0.15, 0.2) is 0 Å². The average molecular weight is 451 g/mol. The minimum Gasteiger partial charge on any atom is -0.497 e. The highest BCUT2D eigenvalue weighted by Crippen LogP contribution is 2.23. The maximum atomic E-state index is 12.8. The smallest absolute Gasteiger partial charge is 0.243 e. The first-order valence-electron chi connectivity index (χ1n) is 9.98. The second-order valence-electron chi connectivity index (χ2n) is 7.50. The van der Waals surface area contributed by atoms with Crippen LogP contribution in [0.5, 0.6) is 5.75 Å². The Morgan fingerprint density at radius 3 is 2.43 bits per heavy atom. The van der Waals surface area contributed by atoms with Gasteiger partial charge < -0.3 is 10.1 Å². The highest BCUT2D eigenvalue weighted by molar-refractivity contribution is 7.89. The molecular formula is C22H27ClN2O4S. The summed E-state index contributed by atoms with van der Waals surface area (Å²) in [7, 11) is -2.00. The van der Waals surface area contributed by atoms with Crippen molar-refractivity contribution in [2.24, 2.45) is 0 Å². The first-order chi connectivity index (χ1) is 14.3. The monoisotopic (exact) mass is 450 g/mol. The maximum absolute atomic E-state index is 12.8. The molecule has 3 rings (SSSR count). The number of hydrogen-bond donors (Lipinski definition) is 1. The average Bonchev–Trinajstić information content (AvgIpc) is 2.75. The third-order valence-electron chi connectivity index (χ3n) is 5.39. The third-order valence-corrected chi connectivity index (χ3v) is 7.71. The van der Waals surface area contributed by atoms with Crippen LogP contribution in [0.15, 0.2) is 47.4 Å². The van der Waals surface area contributed by atoms with Gasteiger partial charge in [-0.05, 0) is 67.6 Å². The Morgan fingerprint density at radius 1 is 1.17 bits per heavy atom. The molecule has 6 nitrogen and oxygen atoms in total. The lowest BCUT2D eigenvalue weighted by molar-refractivity contribution is -0.122. The molecule has 0 bridgehead atoms. The molecule has 30 heavy (non-hydrogen) atoms. The van der Waals surface area contributed by atoms with Crippen LogP contribution in [-0.2, 0) is 21.2 Å². The van der Waals surface area contributed by atoms with Gasteiger partial charge >= 0.3 is 0 Å². The first-order valence-corrected chi connectivity index (χ1v) is 11.8. The van der Waals surface area contributed by atoms with E-state index in [4.69, 9.17) is 16.3 Å². The van der Waals surface area contributed by atoms with Gasteiger partial charge in [-0.3, -0.25) is 4.79 Å². The summed E-state index contributed by atoms with van der Waals surface area (Å²) < 4.78 is 32.2. The molecule has 2 aromatic rings. The molecule has 0 radical (unpaired) electrons. The van der Waals surface area contributed by atoms with Gasteiger partial charge in [-0.15, -0.1) is 0 Å². The zero-order chi connectivity index (χ0) is 21.7. The van der Waals surface area contributed by atoms with E-state index in [2.05, 4.69) is 5.32 Å². The summed E-state index contributed by atoms with van der Waals surface area (Å²) in [5.41, 5.74) is 2.04. The molecule has 0 unspecified atom stereocenters. The summed E-state index contributed by atoms with van der Waals surface area (Å²) in [6.45, 7) is 2.71. The minimum atomic E-state index is -3.54. The molecule has 0 saturated carbocycles. The number of hydrogen-bond acceptors (Lipinski definition) is 4. The van der Waals surface area contributed by atoms with Crippen molar-refractivity contribution in [3.8, 4) is 5.75 Å². The number of halogens is 1. The summed E-state index contributed by atoms with van der Waals surface area (Å²) in [6.07, 6.45) is 2.19. The number of nitrogens with zero attached hydrogens (tertiary/aromatic N) is 1. The van der Waals surface area contributed by atoms with Crippen molar-refractivity contribution >= 4 is 27.5 Å². The molecule has 162 valence electrons. The van der Waals surface area contributed by atoms with Crippen molar-refractivity contribution in [3.05, 3.63) is 58.6 Å². The molecule has 2 aromatic carbocycles. The number of rotatable bonds is 7. The normalized spacial score (nSPS) is 15.7. The van der Waals surface area contributed by atoms with Gasteiger partial charge in [0.2, 0.25) is 15.9 Å². The second-order valence-corrected chi connectivity index (χ2v) is 9.85. The van der Waals surface area contributed by atoms with Gasteiger partial charge in [0.05, 0.1) is 12.0 Å². The van der Waals surface area contributed by atoms with Crippen LogP contribution in [0.1, 0.15) is 30.4 Å². The Morgan fingerprint density at radius 2 is 1.83 bits per heavy atom. The predicted molar refractivity (Wildman–Crippen MR) is 117 cm³/mol. The molecule has 1 heterocycles. The molecule has 1 fully saturated rings. The van der Waals surface area contributed by atoms with Gasteiger partial charge in [0.25, 0.3) is 0 Å². The Bertz CT molecular complexity index is 985. The van der Waals surface area contributed by atoms with E-state index < -0.39 is 10.0 Å². The molecule has 0 aliphatic carbocycles. The number of amides is 1. The van der Waals surface area contributed by atoms with Gasteiger partial charge in [-0.25, -0.2) is 8.42 Å². The van der Waals surface area contributed by atoms with Crippen LogP contribution in [0.4, 0.5) is 0 Å². The van der Waals surface area contributed by atoms with Crippen molar-refractivity contribution in [2.45, 2.75) is 43.5 Å². The Hall–Kier alpha value is -2.09. The van der Waals surface area contributed by atoms with Gasteiger partial charge in [-0.1, -0.05) is 23.7 Å². The van der Waals surface area contributed by atoms with Crippen LogP contribution < -0.4 is 10.1 Å². The summed E-state index contributed by atoms with van der Waals surface area (Å²) >= 11 is 6.13. The van der Waals surface area contributed by atoms with Crippen LogP contribution in [0.25, 0.3) is 0 Å². The van der Waals surface area contributed by atoms with Crippen LogP contribution in [0, 0.1) is 6.92 Å². The molecule has 1 aliphatic heterocycles. The Balaban J connectivity index is 1.48. The number of sulfonamides is 1. The zero-order valence-electron chi connectivity index (χ0n) is 17.2. The van der Waals surface area contributed by atoms with Crippen molar-refractivity contribution in [1.29, 1.82) is 0 Å². The molecule has 0 atom stereocenters. The van der Waals surface area contributed by atoms with E-state index in [-0.39, 0.29) is 16.8 Å². The number of aryl methyl sites for hydroxylation is 2. The van der Waals surface area contributed by atoms with Crippen molar-refractivity contribution in [3.63, 3.8) is 0 Å². The van der Waals surface area contributed by atoms with Crippen molar-refractivity contribution < 1.29 is 17.9 Å². The number of carbonyl (C=O) groups excluding carboxylic acids is 1. The lowest BCUT2D eigenvalue weighted by atomic mass is 10.0. The molecule has 1 N–H and O–H groups in total. The summed E-state index contributed by atoms with van der Waals surface area (Å²) in [6, 6.07) is 12.2. The van der Waals surface area contributed by atoms with Gasteiger partial charge in [0.1, 0.15) is 5.75 Å². The molecule has 0 spiro atoms. The predicted octanol–water partition coefficient (Wildman–Crippen LogP) is 3.56. The SMILES string of the molecule is COc1ccc(S(=O)(=O)N2CCC(NC(=O)CCc3ccc(C)c(Cl)c3)CC2)cc1. The number of benzene rings is 2. The largest absolute Gasteiger partial charge is 0.497 e. The van der Waals surface area contributed by atoms with Crippen LogP contribution in [0.2, 0.25) is 5.02 Å². The Labute approximate surface area is 183 Å². The topological polar surface area (TPSA) is 75.7 Å². The van der Waals surface area contributed by atoms with E-state index in [1.165, 1.54) is 4.31 Å².